The Labute approximate surface area is 265 Å². The second-order valence-corrected chi connectivity index (χ2v) is 11.4. The lowest BCUT2D eigenvalue weighted by Crippen LogP contribution is -2.26. The van der Waals surface area contributed by atoms with Crippen molar-refractivity contribution in [2.24, 2.45) is 7.05 Å². The number of rotatable bonds is 10. The number of nitrogens with zero attached hydrogens (tertiary/aromatic N) is 4. The summed E-state index contributed by atoms with van der Waals surface area (Å²) in [6, 6.07) is 13.2. The number of halogens is 1. The van der Waals surface area contributed by atoms with Crippen molar-refractivity contribution in [1.82, 2.24) is 19.4 Å². The summed E-state index contributed by atoms with van der Waals surface area (Å²) in [5.41, 5.74) is 2.59. The number of carbonyl (C=O) groups excluding carboxylic acids is 1. The zero-order valence-electron chi connectivity index (χ0n) is 26.4. The average molecular weight is 626 g/mol. The van der Waals surface area contributed by atoms with Crippen LogP contribution in [0.3, 0.4) is 0 Å². The molecule has 11 heteroatoms. The van der Waals surface area contributed by atoms with Crippen LogP contribution in [0.2, 0.25) is 0 Å². The molecule has 0 bridgehead atoms. The number of benzene rings is 3. The van der Waals surface area contributed by atoms with E-state index >= 15 is 4.39 Å². The quantitative estimate of drug-likeness (QED) is 0.201. The van der Waals surface area contributed by atoms with Crippen molar-refractivity contribution < 1.29 is 23.4 Å². The predicted molar refractivity (Wildman–Crippen MR) is 175 cm³/mol. The minimum atomic E-state index is -0.728. The molecule has 10 nitrogen and oxygen atoms in total. The summed E-state index contributed by atoms with van der Waals surface area (Å²) in [6.45, 7) is 7.22. The summed E-state index contributed by atoms with van der Waals surface area (Å²) in [5, 5.41) is 3.64. The first kappa shape index (κ1) is 31.0. The molecule has 0 atom stereocenters. The van der Waals surface area contributed by atoms with Gasteiger partial charge in [0, 0.05) is 42.5 Å². The molecule has 1 aliphatic rings. The van der Waals surface area contributed by atoms with E-state index in [1.807, 2.05) is 29.7 Å². The lowest BCUT2D eigenvalue weighted by molar-refractivity contribution is 0.102. The molecule has 0 aliphatic carbocycles. The van der Waals surface area contributed by atoms with Gasteiger partial charge in [0.2, 0.25) is 11.3 Å². The van der Waals surface area contributed by atoms with Crippen LogP contribution < -0.4 is 25.0 Å². The van der Waals surface area contributed by atoms with Crippen LogP contribution in [0.5, 0.6) is 23.1 Å². The molecule has 0 radical (unpaired) electrons. The van der Waals surface area contributed by atoms with Crippen molar-refractivity contribution in [2.45, 2.75) is 33.1 Å². The Bertz CT molecular complexity index is 2000. The van der Waals surface area contributed by atoms with E-state index in [1.165, 1.54) is 31.3 Å². The Morgan fingerprint density at radius 2 is 1.80 bits per heavy atom. The molecule has 3 heterocycles. The van der Waals surface area contributed by atoms with Crippen LogP contribution in [-0.2, 0) is 13.5 Å². The molecule has 1 fully saturated rings. The smallest absolute Gasteiger partial charge is 0.261 e. The Balaban J connectivity index is 1.21. The molecule has 6 rings (SSSR count). The number of methoxy groups -OCH3 is 1. The normalized spacial score (nSPS) is 13.3. The van der Waals surface area contributed by atoms with E-state index in [2.05, 4.69) is 20.2 Å². The van der Waals surface area contributed by atoms with Crippen molar-refractivity contribution in [3.8, 4) is 23.1 Å². The number of amides is 1. The fraction of sp³-hybridized carbons (Fsp3) is 0.314. The maximum atomic E-state index is 15.3. The third-order valence-corrected chi connectivity index (χ3v) is 8.54. The Kier molecular flexibility index (Phi) is 8.85. The molecule has 0 unspecified atom stereocenters. The van der Waals surface area contributed by atoms with Gasteiger partial charge in [0.05, 0.1) is 23.5 Å². The molecule has 1 amide bonds. The van der Waals surface area contributed by atoms with Gasteiger partial charge in [-0.1, -0.05) is 13.0 Å². The van der Waals surface area contributed by atoms with Crippen molar-refractivity contribution in [3.05, 3.63) is 87.7 Å². The summed E-state index contributed by atoms with van der Waals surface area (Å²) >= 11 is 0. The zero-order valence-corrected chi connectivity index (χ0v) is 26.4. The number of pyridine rings is 1. The van der Waals surface area contributed by atoms with E-state index in [0.717, 1.165) is 43.2 Å². The van der Waals surface area contributed by atoms with E-state index in [-0.39, 0.29) is 28.3 Å². The number of carbonyl (C=O) groups is 1. The standard InChI is InChI=1S/C35H36FN5O5/c1-5-22-8-10-28-25(16-22)33(42)32(21(2)40(28)3)34(43)39-23-9-11-29(26(36)17-23)46-35-24-18-30(44-4)31(19-27(24)37-20-38-35)45-15-14-41-12-6-7-13-41/h8-11,16-20H,5-7,12-15H2,1-4H3,(H,39,43). The Morgan fingerprint density at radius 1 is 1.00 bits per heavy atom. The Hall–Kier alpha value is -5.03. The van der Waals surface area contributed by atoms with E-state index in [1.54, 1.807) is 33.2 Å². The van der Waals surface area contributed by atoms with Gasteiger partial charge in [0.25, 0.3) is 5.91 Å². The van der Waals surface area contributed by atoms with Gasteiger partial charge < -0.3 is 24.1 Å². The topological polar surface area (TPSA) is 108 Å². The van der Waals surface area contributed by atoms with Gasteiger partial charge in [-0.2, -0.15) is 0 Å². The number of nitrogens with one attached hydrogen (secondary N) is 1. The van der Waals surface area contributed by atoms with E-state index in [4.69, 9.17) is 14.2 Å². The summed E-state index contributed by atoms with van der Waals surface area (Å²) in [7, 11) is 3.35. The molecule has 46 heavy (non-hydrogen) atoms. The largest absolute Gasteiger partial charge is 0.493 e. The fourth-order valence-electron chi connectivity index (χ4n) is 5.84. The van der Waals surface area contributed by atoms with Crippen LogP contribution in [-0.4, -0.2) is 58.7 Å². The molecule has 1 N–H and O–H groups in total. The van der Waals surface area contributed by atoms with Gasteiger partial charge in [-0.05, 0) is 75.2 Å². The molecular formula is C35H36FN5O5. The lowest BCUT2D eigenvalue weighted by atomic mass is 10.0. The van der Waals surface area contributed by atoms with Gasteiger partial charge in [0.15, 0.2) is 23.1 Å². The number of aryl methyl sites for hydroxylation is 2. The molecule has 5 aromatic rings. The zero-order chi connectivity index (χ0) is 32.4. The average Bonchev–Trinajstić information content (AvgIpc) is 3.58. The summed E-state index contributed by atoms with van der Waals surface area (Å²) in [4.78, 5) is 37.7. The second-order valence-electron chi connectivity index (χ2n) is 11.4. The highest BCUT2D eigenvalue weighted by Gasteiger charge is 2.21. The summed E-state index contributed by atoms with van der Waals surface area (Å²) in [5.74, 6) is -0.297. The van der Waals surface area contributed by atoms with Crippen LogP contribution in [0.15, 0.2) is 59.7 Å². The van der Waals surface area contributed by atoms with Gasteiger partial charge >= 0.3 is 0 Å². The number of fused-ring (bicyclic) bond motifs is 2. The number of likely N-dealkylation sites (tertiary alicyclic amines) is 1. The predicted octanol–water partition coefficient (Wildman–Crippen LogP) is 6.02. The van der Waals surface area contributed by atoms with Crippen molar-refractivity contribution in [1.29, 1.82) is 0 Å². The Morgan fingerprint density at radius 3 is 2.54 bits per heavy atom. The van der Waals surface area contributed by atoms with E-state index in [9.17, 15) is 9.59 Å². The fourth-order valence-corrected chi connectivity index (χ4v) is 5.84. The molecule has 0 spiro atoms. The van der Waals surface area contributed by atoms with Crippen molar-refractivity contribution >= 4 is 33.4 Å². The molecule has 1 saturated heterocycles. The maximum Gasteiger partial charge on any atom is 0.261 e. The van der Waals surface area contributed by atoms with Gasteiger partial charge in [-0.25, -0.2) is 14.4 Å². The van der Waals surface area contributed by atoms with Gasteiger partial charge in [-0.15, -0.1) is 0 Å². The first-order valence-corrected chi connectivity index (χ1v) is 15.4. The van der Waals surface area contributed by atoms with Crippen LogP contribution in [0.1, 0.15) is 41.4 Å². The third-order valence-electron chi connectivity index (χ3n) is 8.54. The summed E-state index contributed by atoms with van der Waals surface area (Å²) in [6.07, 6.45) is 4.52. The highest BCUT2D eigenvalue weighted by Crippen LogP contribution is 2.37. The first-order chi connectivity index (χ1) is 22.3. The minimum absolute atomic E-state index is 0.00443. The SMILES string of the molecule is CCc1ccc2c(c1)c(=O)c(C(=O)Nc1ccc(Oc3ncnc4cc(OCCN5CCCC5)c(OC)cc34)c(F)c1)c(C)n2C. The van der Waals surface area contributed by atoms with Crippen LogP contribution in [0.4, 0.5) is 10.1 Å². The van der Waals surface area contributed by atoms with Gasteiger partial charge in [-0.3, -0.25) is 14.5 Å². The lowest BCUT2D eigenvalue weighted by Gasteiger charge is -2.17. The molecular weight excluding hydrogens is 589 g/mol. The highest BCUT2D eigenvalue weighted by molar-refractivity contribution is 6.07. The number of hydrogen-bond donors (Lipinski definition) is 1. The third kappa shape index (κ3) is 6.10. The molecule has 1 aliphatic heterocycles. The summed E-state index contributed by atoms with van der Waals surface area (Å²) < 4.78 is 34.6. The van der Waals surface area contributed by atoms with E-state index in [0.29, 0.717) is 40.1 Å². The highest BCUT2D eigenvalue weighted by atomic mass is 19.1. The second kappa shape index (κ2) is 13.1. The molecule has 238 valence electrons. The van der Waals surface area contributed by atoms with Crippen LogP contribution in [0.25, 0.3) is 21.8 Å². The minimum Gasteiger partial charge on any atom is -0.493 e. The molecule has 0 saturated carbocycles. The molecule has 3 aromatic carbocycles. The van der Waals surface area contributed by atoms with E-state index < -0.39 is 11.7 Å². The number of hydrogen-bond acceptors (Lipinski definition) is 8. The number of ether oxygens (including phenoxy) is 3. The first-order valence-electron chi connectivity index (χ1n) is 15.4. The van der Waals surface area contributed by atoms with Crippen LogP contribution >= 0.6 is 0 Å². The monoisotopic (exact) mass is 625 g/mol. The maximum absolute atomic E-state index is 15.3. The molecule has 2 aromatic heterocycles. The van der Waals surface area contributed by atoms with Crippen LogP contribution in [0, 0.1) is 12.7 Å². The van der Waals surface area contributed by atoms with Crippen molar-refractivity contribution in [2.75, 3.05) is 38.7 Å². The van der Waals surface area contributed by atoms with Gasteiger partial charge in [0.1, 0.15) is 18.5 Å². The number of anilines is 1. The van der Waals surface area contributed by atoms with Crippen molar-refractivity contribution in [3.63, 3.8) is 0 Å². The number of aromatic nitrogens is 3.